The van der Waals surface area contributed by atoms with Crippen molar-refractivity contribution >= 4 is 23.0 Å². The third-order valence-electron chi connectivity index (χ3n) is 3.48. The highest BCUT2D eigenvalue weighted by Crippen LogP contribution is 2.31. The Morgan fingerprint density at radius 3 is 2.58 bits per heavy atom. The van der Waals surface area contributed by atoms with Gasteiger partial charge in [0.25, 0.3) is 0 Å². The number of nitrogens with zero attached hydrogens (tertiary/aromatic N) is 1. The number of hydrogen-bond acceptors (Lipinski definition) is 2. The lowest BCUT2D eigenvalue weighted by atomic mass is 10.1. The fourth-order valence-electron chi connectivity index (χ4n) is 2.16. The lowest BCUT2D eigenvalue weighted by molar-refractivity contribution is 0.740. The van der Waals surface area contributed by atoms with E-state index in [0.717, 1.165) is 16.4 Å². The molecule has 2 aromatic rings. The van der Waals surface area contributed by atoms with Gasteiger partial charge in [0.15, 0.2) is 0 Å². The minimum atomic E-state index is 0.211. The van der Waals surface area contributed by atoms with Crippen LogP contribution in [-0.2, 0) is 0 Å². The number of halogens is 1. The highest BCUT2D eigenvalue weighted by Gasteiger charge is 2.14. The van der Waals surface area contributed by atoms with Crippen LogP contribution < -0.4 is 10.6 Å². The summed E-state index contributed by atoms with van der Waals surface area (Å²) in [6.45, 7) is 4.22. The topological polar surface area (TPSA) is 29.3 Å². The van der Waals surface area contributed by atoms with Crippen molar-refractivity contribution < 1.29 is 0 Å². The molecule has 3 heteroatoms. The Morgan fingerprint density at radius 2 is 1.89 bits per heavy atom. The molecule has 2 rings (SSSR count). The van der Waals surface area contributed by atoms with Crippen LogP contribution >= 0.6 is 11.6 Å². The standard InChI is InChI=1S/C16H19ClN2/c1-11-7-8-15(18)16(9-11)19(3)12(2)13-5-4-6-14(17)10-13/h4-10,12H,18H2,1-3H3. The zero-order valence-electron chi connectivity index (χ0n) is 11.5. The van der Waals surface area contributed by atoms with E-state index >= 15 is 0 Å². The summed E-state index contributed by atoms with van der Waals surface area (Å²) in [5.74, 6) is 0. The fourth-order valence-corrected chi connectivity index (χ4v) is 2.36. The minimum Gasteiger partial charge on any atom is -0.397 e. The second-order valence-corrected chi connectivity index (χ2v) is 5.34. The molecule has 0 amide bonds. The molecule has 19 heavy (non-hydrogen) atoms. The first-order chi connectivity index (χ1) is 8.99. The number of aryl methyl sites for hydroxylation is 1. The highest BCUT2D eigenvalue weighted by molar-refractivity contribution is 6.30. The van der Waals surface area contributed by atoms with Gasteiger partial charge in [0, 0.05) is 12.1 Å². The van der Waals surface area contributed by atoms with Crippen LogP contribution in [0.5, 0.6) is 0 Å². The summed E-state index contributed by atoms with van der Waals surface area (Å²) < 4.78 is 0. The quantitative estimate of drug-likeness (QED) is 0.839. The van der Waals surface area contributed by atoms with Gasteiger partial charge >= 0.3 is 0 Å². The SMILES string of the molecule is Cc1ccc(N)c(N(C)C(C)c2cccc(Cl)c2)c1. The maximum Gasteiger partial charge on any atom is 0.0605 e. The molecular weight excluding hydrogens is 256 g/mol. The number of rotatable bonds is 3. The Kier molecular flexibility index (Phi) is 4.01. The molecule has 0 aromatic heterocycles. The van der Waals surface area contributed by atoms with E-state index in [4.69, 9.17) is 17.3 Å². The van der Waals surface area contributed by atoms with Gasteiger partial charge in [-0.1, -0.05) is 29.8 Å². The van der Waals surface area contributed by atoms with Gasteiger partial charge in [-0.25, -0.2) is 0 Å². The molecule has 0 fully saturated rings. The third kappa shape index (κ3) is 3.02. The summed E-state index contributed by atoms with van der Waals surface area (Å²) >= 11 is 6.05. The first kappa shape index (κ1) is 13.8. The molecule has 0 heterocycles. The van der Waals surface area contributed by atoms with E-state index in [2.05, 4.69) is 37.9 Å². The number of anilines is 2. The summed E-state index contributed by atoms with van der Waals surface area (Å²) in [7, 11) is 2.05. The molecule has 100 valence electrons. The number of nitrogen functional groups attached to an aromatic ring is 1. The molecule has 2 aromatic carbocycles. The average molecular weight is 275 g/mol. The normalized spacial score (nSPS) is 12.2. The van der Waals surface area contributed by atoms with Crippen molar-refractivity contribution in [2.24, 2.45) is 0 Å². The summed E-state index contributed by atoms with van der Waals surface area (Å²) in [6, 6.07) is 14.2. The van der Waals surface area contributed by atoms with E-state index in [9.17, 15) is 0 Å². The first-order valence-electron chi connectivity index (χ1n) is 6.33. The highest BCUT2D eigenvalue weighted by atomic mass is 35.5. The summed E-state index contributed by atoms with van der Waals surface area (Å²) in [4.78, 5) is 2.17. The van der Waals surface area contributed by atoms with Gasteiger partial charge in [-0.2, -0.15) is 0 Å². The molecule has 2 N–H and O–H groups in total. The molecule has 0 saturated heterocycles. The van der Waals surface area contributed by atoms with Crippen molar-refractivity contribution in [3.05, 3.63) is 58.6 Å². The summed E-state index contributed by atoms with van der Waals surface area (Å²) in [6.07, 6.45) is 0. The molecular formula is C16H19ClN2. The monoisotopic (exact) mass is 274 g/mol. The molecule has 0 spiro atoms. The fraction of sp³-hybridized carbons (Fsp3) is 0.250. The van der Waals surface area contributed by atoms with Crippen molar-refractivity contribution in [1.29, 1.82) is 0 Å². The van der Waals surface area contributed by atoms with Crippen molar-refractivity contribution in [1.82, 2.24) is 0 Å². The Hall–Kier alpha value is -1.67. The molecule has 0 aliphatic heterocycles. The van der Waals surface area contributed by atoms with Crippen molar-refractivity contribution in [3.8, 4) is 0 Å². The summed E-state index contributed by atoms with van der Waals surface area (Å²) in [5, 5.41) is 0.759. The lowest BCUT2D eigenvalue weighted by Gasteiger charge is -2.29. The summed E-state index contributed by atoms with van der Waals surface area (Å²) in [5.41, 5.74) is 10.3. The molecule has 2 nitrogen and oxygen atoms in total. The molecule has 0 bridgehead atoms. The Bertz CT molecular complexity index is 581. The predicted molar refractivity (Wildman–Crippen MR) is 83.9 cm³/mol. The van der Waals surface area contributed by atoms with Crippen LogP contribution in [-0.4, -0.2) is 7.05 Å². The molecule has 1 unspecified atom stereocenters. The number of hydrogen-bond donors (Lipinski definition) is 1. The Morgan fingerprint density at radius 1 is 1.16 bits per heavy atom. The molecule has 0 radical (unpaired) electrons. The van der Waals surface area contributed by atoms with Gasteiger partial charge < -0.3 is 10.6 Å². The van der Waals surface area contributed by atoms with Crippen LogP contribution in [0, 0.1) is 6.92 Å². The smallest absolute Gasteiger partial charge is 0.0605 e. The van der Waals surface area contributed by atoms with Crippen molar-refractivity contribution in [2.45, 2.75) is 19.9 Å². The maximum absolute atomic E-state index is 6.07. The lowest BCUT2D eigenvalue weighted by Crippen LogP contribution is -2.22. The van der Waals surface area contributed by atoms with Crippen molar-refractivity contribution in [2.75, 3.05) is 17.7 Å². The van der Waals surface area contributed by atoms with E-state index in [1.807, 2.05) is 30.3 Å². The first-order valence-corrected chi connectivity index (χ1v) is 6.71. The number of nitrogens with two attached hydrogens (primary N) is 1. The van der Waals surface area contributed by atoms with Gasteiger partial charge in [0.05, 0.1) is 17.4 Å². The molecule has 0 aliphatic rings. The van der Waals surface area contributed by atoms with Gasteiger partial charge in [-0.3, -0.25) is 0 Å². The van der Waals surface area contributed by atoms with E-state index < -0.39 is 0 Å². The van der Waals surface area contributed by atoms with E-state index in [0.29, 0.717) is 0 Å². The molecule has 0 aliphatic carbocycles. The third-order valence-corrected chi connectivity index (χ3v) is 3.71. The van der Waals surface area contributed by atoms with E-state index in [-0.39, 0.29) is 6.04 Å². The second-order valence-electron chi connectivity index (χ2n) is 4.90. The maximum atomic E-state index is 6.07. The zero-order valence-corrected chi connectivity index (χ0v) is 12.3. The van der Waals surface area contributed by atoms with Crippen molar-refractivity contribution in [3.63, 3.8) is 0 Å². The van der Waals surface area contributed by atoms with Crippen LogP contribution in [0.2, 0.25) is 5.02 Å². The van der Waals surface area contributed by atoms with Gasteiger partial charge in [0.1, 0.15) is 0 Å². The van der Waals surface area contributed by atoms with Gasteiger partial charge in [0.2, 0.25) is 0 Å². The van der Waals surface area contributed by atoms with Crippen LogP contribution in [0.15, 0.2) is 42.5 Å². The average Bonchev–Trinajstić information content (AvgIpc) is 2.40. The van der Waals surface area contributed by atoms with Gasteiger partial charge in [-0.15, -0.1) is 0 Å². The van der Waals surface area contributed by atoms with Crippen LogP contribution in [0.4, 0.5) is 11.4 Å². The van der Waals surface area contributed by atoms with Crippen LogP contribution in [0.25, 0.3) is 0 Å². The van der Waals surface area contributed by atoms with Gasteiger partial charge in [-0.05, 0) is 49.2 Å². The second kappa shape index (κ2) is 5.54. The van der Waals surface area contributed by atoms with E-state index in [1.165, 1.54) is 11.1 Å². The predicted octanol–water partition coefficient (Wildman–Crippen LogP) is 4.43. The van der Waals surface area contributed by atoms with Crippen LogP contribution in [0.3, 0.4) is 0 Å². The minimum absolute atomic E-state index is 0.211. The Balaban J connectivity index is 2.33. The number of benzene rings is 2. The molecule has 1 atom stereocenters. The Labute approximate surface area is 119 Å². The van der Waals surface area contributed by atoms with Crippen LogP contribution in [0.1, 0.15) is 24.1 Å². The zero-order chi connectivity index (χ0) is 14.0. The van der Waals surface area contributed by atoms with E-state index in [1.54, 1.807) is 0 Å². The largest absolute Gasteiger partial charge is 0.397 e. The molecule has 0 saturated carbocycles.